The van der Waals surface area contributed by atoms with Crippen LogP contribution in [0.1, 0.15) is 34.7 Å². The first-order valence-corrected chi connectivity index (χ1v) is 10.1. The minimum absolute atomic E-state index is 0.0104. The molecule has 1 saturated carbocycles. The Bertz CT molecular complexity index is 1060. The van der Waals surface area contributed by atoms with Crippen molar-refractivity contribution in [1.82, 2.24) is 9.55 Å². The maximum absolute atomic E-state index is 11.4. The summed E-state index contributed by atoms with van der Waals surface area (Å²) in [5, 5.41) is 9.35. The second-order valence-corrected chi connectivity index (χ2v) is 7.80. The van der Waals surface area contributed by atoms with Gasteiger partial charge >= 0.3 is 5.97 Å². The average Bonchev–Trinajstić information content (AvgIpc) is 3.47. The predicted octanol–water partition coefficient (Wildman–Crippen LogP) is 4.91. The minimum atomic E-state index is -0.741. The van der Waals surface area contributed by atoms with Crippen LogP contribution >= 0.6 is 0 Å². The van der Waals surface area contributed by atoms with Gasteiger partial charge in [-0.1, -0.05) is 91.0 Å². The van der Waals surface area contributed by atoms with E-state index in [2.05, 4.69) is 82.3 Å². The lowest BCUT2D eigenvalue weighted by atomic mass is 9.77. The zero-order chi connectivity index (χ0) is 20.6. The molecule has 4 heteroatoms. The van der Waals surface area contributed by atoms with Crippen LogP contribution < -0.4 is 0 Å². The van der Waals surface area contributed by atoms with Crippen LogP contribution in [0.5, 0.6) is 0 Å². The molecule has 0 amide bonds. The molecule has 0 aliphatic heterocycles. The number of carboxylic acid groups (broad SMARTS) is 1. The van der Waals surface area contributed by atoms with Gasteiger partial charge in [0.1, 0.15) is 5.54 Å². The number of imidazole rings is 1. The zero-order valence-corrected chi connectivity index (χ0v) is 16.4. The van der Waals surface area contributed by atoms with Crippen LogP contribution in [0.3, 0.4) is 0 Å². The van der Waals surface area contributed by atoms with Crippen LogP contribution in [-0.4, -0.2) is 20.6 Å². The van der Waals surface area contributed by atoms with Crippen molar-refractivity contribution in [3.05, 3.63) is 126 Å². The monoisotopic (exact) mass is 394 g/mol. The molecule has 0 radical (unpaired) electrons. The number of hydrogen-bond acceptors (Lipinski definition) is 2. The van der Waals surface area contributed by atoms with Gasteiger partial charge in [0, 0.05) is 12.1 Å². The maximum atomic E-state index is 11.4. The van der Waals surface area contributed by atoms with Gasteiger partial charge in [-0.15, -0.1) is 0 Å². The van der Waals surface area contributed by atoms with E-state index in [1.54, 1.807) is 0 Å². The average molecular weight is 394 g/mol. The summed E-state index contributed by atoms with van der Waals surface area (Å²) in [6, 6.07) is 31.2. The fourth-order valence-corrected chi connectivity index (χ4v) is 4.49. The summed E-state index contributed by atoms with van der Waals surface area (Å²) >= 11 is 0. The number of nitrogens with zero attached hydrogens (tertiary/aromatic N) is 2. The van der Waals surface area contributed by atoms with Crippen molar-refractivity contribution in [3.8, 4) is 0 Å². The van der Waals surface area contributed by atoms with Gasteiger partial charge in [-0.05, 0) is 23.1 Å². The third-order valence-electron chi connectivity index (χ3n) is 6.05. The molecule has 0 unspecified atom stereocenters. The van der Waals surface area contributed by atoms with E-state index in [0.717, 1.165) is 22.4 Å². The molecule has 0 saturated heterocycles. The summed E-state index contributed by atoms with van der Waals surface area (Å²) in [4.78, 5) is 16.0. The van der Waals surface area contributed by atoms with Gasteiger partial charge < -0.3 is 9.67 Å². The Balaban J connectivity index is 1.75. The molecule has 30 heavy (non-hydrogen) atoms. The largest absolute Gasteiger partial charge is 0.481 e. The molecule has 4 aromatic rings. The molecule has 0 bridgehead atoms. The summed E-state index contributed by atoms with van der Waals surface area (Å²) in [7, 11) is 0. The third-order valence-corrected chi connectivity index (χ3v) is 6.05. The smallest absolute Gasteiger partial charge is 0.307 e. The number of carbonyl (C=O) groups is 1. The molecule has 0 spiro atoms. The first-order chi connectivity index (χ1) is 14.7. The standard InChI is InChI=1S/C26H22N2O2/c29-25(30)23-16-22(23)24-17-28(18-27-24)26(19-10-4-1-5-11-19,20-12-6-2-7-13-20)21-14-8-3-9-15-21/h1-15,17-18,22-23H,16H2,(H,29,30)/t22-,23-/m0/s1. The number of aliphatic carboxylic acids is 1. The lowest BCUT2D eigenvalue weighted by molar-refractivity contribution is -0.138. The molecule has 1 aliphatic rings. The van der Waals surface area contributed by atoms with E-state index < -0.39 is 11.5 Å². The Hall–Kier alpha value is -3.66. The van der Waals surface area contributed by atoms with Crippen molar-refractivity contribution in [1.29, 1.82) is 0 Å². The van der Waals surface area contributed by atoms with E-state index in [9.17, 15) is 9.90 Å². The highest BCUT2D eigenvalue weighted by molar-refractivity contribution is 5.75. The number of rotatable bonds is 6. The second kappa shape index (κ2) is 7.30. The van der Waals surface area contributed by atoms with Gasteiger partial charge in [-0.2, -0.15) is 0 Å². The lowest BCUT2D eigenvalue weighted by Gasteiger charge is -2.37. The van der Waals surface area contributed by atoms with E-state index >= 15 is 0 Å². The molecule has 1 fully saturated rings. The highest BCUT2D eigenvalue weighted by atomic mass is 16.4. The number of benzene rings is 3. The van der Waals surface area contributed by atoms with Crippen molar-refractivity contribution in [2.75, 3.05) is 0 Å². The molecule has 1 N–H and O–H groups in total. The third kappa shape index (κ3) is 2.92. The summed E-state index contributed by atoms with van der Waals surface area (Å²) in [6.45, 7) is 0. The molecule has 2 atom stereocenters. The molecule has 4 nitrogen and oxygen atoms in total. The SMILES string of the molecule is O=C(O)[C@H]1C[C@@H]1c1cn(C(c2ccccc2)(c2ccccc2)c2ccccc2)cn1. The van der Waals surface area contributed by atoms with Crippen molar-refractivity contribution >= 4 is 5.97 Å². The topological polar surface area (TPSA) is 55.1 Å². The van der Waals surface area contributed by atoms with E-state index in [0.29, 0.717) is 6.42 Å². The van der Waals surface area contributed by atoms with Crippen LogP contribution in [0, 0.1) is 5.92 Å². The van der Waals surface area contributed by atoms with Gasteiger partial charge in [-0.3, -0.25) is 4.79 Å². The van der Waals surface area contributed by atoms with E-state index in [4.69, 9.17) is 0 Å². The minimum Gasteiger partial charge on any atom is -0.481 e. The summed E-state index contributed by atoms with van der Waals surface area (Å²) in [5.41, 5.74) is 3.60. The fraction of sp³-hybridized carbons (Fsp3) is 0.154. The Morgan fingerprint density at radius 2 is 1.30 bits per heavy atom. The van der Waals surface area contributed by atoms with E-state index in [1.807, 2.05) is 30.7 Å². The number of aromatic nitrogens is 2. The highest BCUT2D eigenvalue weighted by Crippen LogP contribution is 2.48. The fourth-order valence-electron chi connectivity index (χ4n) is 4.49. The molecule has 5 rings (SSSR count). The van der Waals surface area contributed by atoms with Crippen LogP contribution in [0.15, 0.2) is 104 Å². The van der Waals surface area contributed by atoms with Gasteiger partial charge in [0.15, 0.2) is 0 Å². The van der Waals surface area contributed by atoms with Crippen molar-refractivity contribution in [3.63, 3.8) is 0 Å². The lowest BCUT2D eigenvalue weighted by Crippen LogP contribution is -2.36. The molecule has 148 valence electrons. The number of hydrogen-bond donors (Lipinski definition) is 1. The number of carboxylic acids is 1. The van der Waals surface area contributed by atoms with E-state index in [1.165, 1.54) is 0 Å². The predicted molar refractivity (Wildman–Crippen MR) is 115 cm³/mol. The molecule has 1 aliphatic carbocycles. The summed E-state index contributed by atoms with van der Waals surface area (Å²) < 4.78 is 2.14. The molecular formula is C26H22N2O2. The van der Waals surface area contributed by atoms with Gasteiger partial charge in [0.25, 0.3) is 0 Å². The van der Waals surface area contributed by atoms with Crippen molar-refractivity contribution < 1.29 is 9.90 Å². The first kappa shape index (κ1) is 18.4. The molecule has 1 heterocycles. The van der Waals surface area contributed by atoms with Crippen molar-refractivity contribution in [2.24, 2.45) is 5.92 Å². The Labute approximate surface area is 175 Å². The second-order valence-electron chi connectivity index (χ2n) is 7.80. The first-order valence-electron chi connectivity index (χ1n) is 10.1. The van der Waals surface area contributed by atoms with Crippen LogP contribution in [0.25, 0.3) is 0 Å². The summed E-state index contributed by atoms with van der Waals surface area (Å²) in [6.07, 6.45) is 4.53. The quantitative estimate of drug-likeness (QED) is 0.473. The van der Waals surface area contributed by atoms with Gasteiger partial charge in [-0.25, -0.2) is 4.98 Å². The van der Waals surface area contributed by atoms with Crippen LogP contribution in [0.4, 0.5) is 0 Å². The molecule has 3 aromatic carbocycles. The van der Waals surface area contributed by atoms with Crippen molar-refractivity contribution in [2.45, 2.75) is 17.9 Å². The zero-order valence-electron chi connectivity index (χ0n) is 16.4. The normalized spacial score (nSPS) is 18.1. The molecular weight excluding hydrogens is 372 g/mol. The maximum Gasteiger partial charge on any atom is 0.307 e. The Morgan fingerprint density at radius 3 is 1.70 bits per heavy atom. The van der Waals surface area contributed by atoms with Gasteiger partial charge in [0.05, 0.1) is 17.9 Å². The Morgan fingerprint density at radius 1 is 0.833 bits per heavy atom. The van der Waals surface area contributed by atoms with E-state index in [-0.39, 0.29) is 11.8 Å². The molecule has 1 aromatic heterocycles. The van der Waals surface area contributed by atoms with Crippen LogP contribution in [0.2, 0.25) is 0 Å². The summed E-state index contributed by atoms with van der Waals surface area (Å²) in [5.74, 6) is -1.08. The van der Waals surface area contributed by atoms with Crippen LogP contribution in [-0.2, 0) is 10.3 Å². The highest BCUT2D eigenvalue weighted by Gasteiger charge is 2.46. The van der Waals surface area contributed by atoms with Gasteiger partial charge in [0.2, 0.25) is 0 Å². The Kier molecular flexibility index (Phi) is 4.47.